The Labute approximate surface area is 182 Å². The van der Waals surface area contributed by atoms with Gasteiger partial charge in [-0.2, -0.15) is 0 Å². The van der Waals surface area contributed by atoms with Crippen molar-refractivity contribution < 1.29 is 9.47 Å². The highest BCUT2D eigenvalue weighted by atomic mass is 79.9. The molecule has 0 aliphatic heterocycles. The minimum atomic E-state index is 0.856. The minimum absolute atomic E-state index is 0.856. The molecule has 0 saturated carbocycles. The fourth-order valence-corrected chi connectivity index (χ4v) is 3.62. The Morgan fingerprint density at radius 1 is 0.571 bits per heavy atom. The topological polar surface area (TPSA) is 18.5 Å². The lowest BCUT2D eigenvalue weighted by molar-refractivity contribution is 0.414. The van der Waals surface area contributed by atoms with E-state index in [1.54, 1.807) is 14.2 Å². The fraction of sp³-hybridized carbons (Fsp3) is 0.0833. The molecule has 0 aliphatic rings. The number of ether oxygens (including phenoxy) is 2. The first-order valence-corrected chi connectivity index (χ1v) is 10.3. The van der Waals surface area contributed by atoms with Gasteiger partial charge in [-0.3, -0.25) is 0 Å². The van der Waals surface area contributed by atoms with Crippen LogP contribution in [0.15, 0.2) is 69.6 Å². The molecule has 28 heavy (non-hydrogen) atoms. The molecule has 2 nitrogen and oxygen atoms in total. The summed E-state index contributed by atoms with van der Waals surface area (Å²) >= 11 is 7.36. The maximum absolute atomic E-state index is 5.20. The molecule has 0 atom stereocenters. The van der Waals surface area contributed by atoms with Gasteiger partial charge in [-0.1, -0.05) is 80.4 Å². The van der Waals surface area contributed by atoms with E-state index in [9.17, 15) is 0 Å². The highest BCUT2D eigenvalue weighted by Gasteiger charge is 2.03. The second-order valence-corrected chi connectivity index (χ2v) is 7.82. The number of benzene rings is 3. The van der Waals surface area contributed by atoms with E-state index >= 15 is 0 Å². The first-order valence-electron chi connectivity index (χ1n) is 8.72. The maximum atomic E-state index is 5.20. The van der Waals surface area contributed by atoms with Gasteiger partial charge in [-0.05, 0) is 58.7 Å². The van der Waals surface area contributed by atoms with Crippen LogP contribution in [-0.4, -0.2) is 14.2 Å². The van der Waals surface area contributed by atoms with Crippen LogP contribution in [0.1, 0.15) is 22.3 Å². The largest absolute Gasteiger partial charge is 0.497 e. The number of halogens is 2. The third kappa shape index (κ3) is 5.37. The molecule has 3 aromatic carbocycles. The summed E-state index contributed by atoms with van der Waals surface area (Å²) in [5, 5.41) is 0. The highest BCUT2D eigenvalue weighted by Crippen LogP contribution is 2.29. The normalized spacial score (nSPS) is 11.3. The van der Waals surface area contributed by atoms with Crippen LogP contribution in [0.4, 0.5) is 0 Å². The van der Waals surface area contributed by atoms with Crippen LogP contribution < -0.4 is 9.47 Å². The molecule has 3 aromatic rings. The number of hydrogen-bond donors (Lipinski definition) is 0. The SMILES string of the molecule is COc1ccc(/C=C\c2cc(Br)c(/C=C\c3ccc(OC)cc3)cc2Br)cc1. The second-order valence-electron chi connectivity index (χ2n) is 6.11. The van der Waals surface area contributed by atoms with Gasteiger partial charge in [0, 0.05) is 8.95 Å². The van der Waals surface area contributed by atoms with Crippen molar-refractivity contribution in [3.63, 3.8) is 0 Å². The van der Waals surface area contributed by atoms with Gasteiger partial charge in [0.25, 0.3) is 0 Å². The summed E-state index contributed by atoms with van der Waals surface area (Å²) in [6, 6.07) is 20.2. The van der Waals surface area contributed by atoms with Crippen molar-refractivity contribution in [2.75, 3.05) is 14.2 Å². The van der Waals surface area contributed by atoms with Gasteiger partial charge in [-0.15, -0.1) is 0 Å². The smallest absolute Gasteiger partial charge is 0.118 e. The van der Waals surface area contributed by atoms with Crippen LogP contribution >= 0.6 is 31.9 Å². The maximum Gasteiger partial charge on any atom is 0.118 e. The zero-order valence-electron chi connectivity index (χ0n) is 15.7. The Balaban J connectivity index is 1.77. The van der Waals surface area contributed by atoms with Gasteiger partial charge in [0.15, 0.2) is 0 Å². The van der Waals surface area contributed by atoms with Crippen LogP contribution in [0, 0.1) is 0 Å². The summed E-state index contributed by atoms with van der Waals surface area (Å²) in [5.74, 6) is 1.71. The third-order valence-electron chi connectivity index (χ3n) is 4.26. The van der Waals surface area contributed by atoms with E-state index in [4.69, 9.17) is 9.47 Å². The van der Waals surface area contributed by atoms with E-state index in [2.05, 4.69) is 68.3 Å². The Bertz CT molecular complexity index is 905. The van der Waals surface area contributed by atoms with Gasteiger partial charge >= 0.3 is 0 Å². The van der Waals surface area contributed by atoms with Crippen molar-refractivity contribution in [3.05, 3.63) is 91.9 Å². The van der Waals surface area contributed by atoms with E-state index in [-0.39, 0.29) is 0 Å². The van der Waals surface area contributed by atoms with Gasteiger partial charge < -0.3 is 9.47 Å². The van der Waals surface area contributed by atoms with Gasteiger partial charge in [-0.25, -0.2) is 0 Å². The van der Waals surface area contributed by atoms with Crippen molar-refractivity contribution in [1.82, 2.24) is 0 Å². The molecule has 0 amide bonds. The predicted molar refractivity (Wildman–Crippen MR) is 126 cm³/mol. The molecule has 0 spiro atoms. The van der Waals surface area contributed by atoms with Crippen LogP contribution in [-0.2, 0) is 0 Å². The van der Waals surface area contributed by atoms with E-state index < -0.39 is 0 Å². The molecular weight excluding hydrogens is 480 g/mol. The molecule has 0 bridgehead atoms. The average Bonchev–Trinajstić information content (AvgIpc) is 2.73. The molecular formula is C24H20Br2O2. The van der Waals surface area contributed by atoms with E-state index in [0.717, 1.165) is 42.7 Å². The molecule has 0 heterocycles. The Kier molecular flexibility index (Phi) is 7.12. The summed E-state index contributed by atoms with van der Waals surface area (Å²) in [6.07, 6.45) is 8.35. The zero-order chi connectivity index (χ0) is 19.9. The Morgan fingerprint density at radius 2 is 0.929 bits per heavy atom. The van der Waals surface area contributed by atoms with Crippen LogP contribution in [0.2, 0.25) is 0 Å². The first kappa shape index (κ1) is 20.4. The lowest BCUT2D eigenvalue weighted by Crippen LogP contribution is -1.84. The molecule has 0 fully saturated rings. The summed E-state index contributed by atoms with van der Waals surface area (Å²) in [6.45, 7) is 0. The molecule has 4 heteroatoms. The van der Waals surface area contributed by atoms with Crippen LogP contribution in [0.3, 0.4) is 0 Å². The van der Waals surface area contributed by atoms with Crippen molar-refractivity contribution in [2.45, 2.75) is 0 Å². The van der Waals surface area contributed by atoms with Gasteiger partial charge in [0.05, 0.1) is 14.2 Å². The minimum Gasteiger partial charge on any atom is -0.497 e. The first-order chi connectivity index (χ1) is 13.6. The number of rotatable bonds is 6. The number of methoxy groups -OCH3 is 2. The highest BCUT2D eigenvalue weighted by molar-refractivity contribution is 9.11. The van der Waals surface area contributed by atoms with Crippen LogP contribution in [0.5, 0.6) is 11.5 Å². The molecule has 0 aliphatic carbocycles. The molecule has 0 N–H and O–H groups in total. The summed E-state index contributed by atoms with van der Waals surface area (Å²) in [7, 11) is 3.34. The Hall–Kier alpha value is -2.30. The van der Waals surface area contributed by atoms with Crippen molar-refractivity contribution in [3.8, 4) is 11.5 Å². The fourth-order valence-electron chi connectivity index (χ4n) is 2.64. The lowest BCUT2D eigenvalue weighted by Gasteiger charge is -2.05. The molecule has 142 valence electrons. The molecule has 0 saturated heterocycles. The summed E-state index contributed by atoms with van der Waals surface area (Å²) in [4.78, 5) is 0. The molecule has 3 rings (SSSR count). The van der Waals surface area contributed by atoms with Gasteiger partial charge in [0.1, 0.15) is 11.5 Å². The quantitative estimate of drug-likeness (QED) is 0.325. The average molecular weight is 500 g/mol. The molecule has 0 unspecified atom stereocenters. The van der Waals surface area contributed by atoms with E-state index in [1.807, 2.05) is 48.5 Å². The van der Waals surface area contributed by atoms with E-state index in [1.165, 1.54) is 0 Å². The number of hydrogen-bond acceptors (Lipinski definition) is 2. The van der Waals surface area contributed by atoms with E-state index in [0.29, 0.717) is 0 Å². The summed E-state index contributed by atoms with van der Waals surface area (Å²) < 4.78 is 12.5. The Morgan fingerprint density at radius 3 is 1.25 bits per heavy atom. The van der Waals surface area contributed by atoms with Crippen LogP contribution in [0.25, 0.3) is 24.3 Å². The standard InChI is InChI=1S/C24H20Br2O2/c1-27-21-11-5-17(6-12-21)3-9-19-15-24(26)20(16-23(19)25)10-4-18-7-13-22(28-2)14-8-18/h3-16H,1-2H3/b9-3-,10-4-. The summed E-state index contributed by atoms with van der Waals surface area (Å²) in [5.41, 5.74) is 4.44. The lowest BCUT2D eigenvalue weighted by atomic mass is 10.1. The van der Waals surface area contributed by atoms with Gasteiger partial charge in [0.2, 0.25) is 0 Å². The van der Waals surface area contributed by atoms with Crippen molar-refractivity contribution >= 4 is 56.2 Å². The van der Waals surface area contributed by atoms with Crippen molar-refractivity contribution in [2.24, 2.45) is 0 Å². The second kappa shape index (κ2) is 9.76. The molecule has 0 aromatic heterocycles. The zero-order valence-corrected chi connectivity index (χ0v) is 18.8. The third-order valence-corrected chi connectivity index (χ3v) is 5.63. The molecule has 0 radical (unpaired) electrons. The predicted octanol–water partition coefficient (Wildman–Crippen LogP) is 7.57. The monoisotopic (exact) mass is 498 g/mol. The van der Waals surface area contributed by atoms with Crippen molar-refractivity contribution in [1.29, 1.82) is 0 Å².